The highest BCUT2D eigenvalue weighted by Crippen LogP contribution is 2.20. The number of nitrogens with zero attached hydrogens (tertiary/aromatic N) is 1. The number of hydrogen-bond donors (Lipinski definition) is 3. The minimum Gasteiger partial charge on any atom is -0.493 e. The highest BCUT2D eigenvalue weighted by Gasteiger charge is 2.17. The standard InChI is InChI=1S/C11H11IN2O3/c1-6-9(15)13-11(17)14(6)10(16)7-2-4-8(12)5-3-7/h2-5,10,15-16H,1H3,(H,13,17). The van der Waals surface area contributed by atoms with Gasteiger partial charge in [-0.1, -0.05) is 12.1 Å². The van der Waals surface area contributed by atoms with Gasteiger partial charge >= 0.3 is 5.69 Å². The molecule has 6 heteroatoms. The molecule has 0 aliphatic rings. The van der Waals surface area contributed by atoms with Crippen molar-refractivity contribution in [2.75, 3.05) is 0 Å². The van der Waals surface area contributed by atoms with Gasteiger partial charge in [0, 0.05) is 9.13 Å². The molecule has 2 aromatic rings. The van der Waals surface area contributed by atoms with E-state index in [9.17, 15) is 15.0 Å². The highest BCUT2D eigenvalue weighted by molar-refractivity contribution is 14.1. The van der Waals surface area contributed by atoms with Crippen LogP contribution in [-0.4, -0.2) is 19.8 Å². The van der Waals surface area contributed by atoms with Gasteiger partial charge in [0.05, 0.1) is 5.69 Å². The second-order valence-electron chi connectivity index (χ2n) is 3.66. The topological polar surface area (TPSA) is 78.2 Å². The Hall–Kier alpha value is -1.28. The third-order valence-electron chi connectivity index (χ3n) is 2.56. The molecule has 90 valence electrons. The molecule has 3 N–H and O–H groups in total. The van der Waals surface area contributed by atoms with Crippen LogP contribution in [0.3, 0.4) is 0 Å². The minimum absolute atomic E-state index is 0.223. The van der Waals surface area contributed by atoms with Crippen molar-refractivity contribution in [2.24, 2.45) is 0 Å². The van der Waals surface area contributed by atoms with Crippen molar-refractivity contribution < 1.29 is 10.2 Å². The van der Waals surface area contributed by atoms with E-state index in [1.54, 1.807) is 19.1 Å². The number of hydrogen-bond acceptors (Lipinski definition) is 3. The number of aromatic hydroxyl groups is 1. The molecule has 1 atom stereocenters. The molecule has 0 radical (unpaired) electrons. The maximum Gasteiger partial charge on any atom is 0.331 e. The number of aliphatic hydroxyl groups is 1. The summed E-state index contributed by atoms with van der Waals surface area (Å²) in [6.07, 6.45) is -1.10. The Bertz CT molecular complexity index is 586. The van der Waals surface area contributed by atoms with Gasteiger partial charge in [-0.3, -0.25) is 9.55 Å². The molecule has 1 aromatic carbocycles. The van der Waals surface area contributed by atoms with E-state index < -0.39 is 11.9 Å². The van der Waals surface area contributed by atoms with Crippen molar-refractivity contribution in [3.8, 4) is 5.88 Å². The van der Waals surface area contributed by atoms with Crippen molar-refractivity contribution in [2.45, 2.75) is 13.2 Å². The molecule has 0 aliphatic carbocycles. The predicted octanol–water partition coefficient (Wildman–Crippen LogP) is 1.33. The average Bonchev–Trinajstić information content (AvgIpc) is 2.53. The summed E-state index contributed by atoms with van der Waals surface area (Å²) in [7, 11) is 0. The Kier molecular flexibility index (Phi) is 3.25. The monoisotopic (exact) mass is 346 g/mol. The number of imidazole rings is 1. The lowest BCUT2D eigenvalue weighted by Gasteiger charge is -2.13. The average molecular weight is 346 g/mol. The summed E-state index contributed by atoms with van der Waals surface area (Å²) in [4.78, 5) is 13.8. The van der Waals surface area contributed by atoms with Gasteiger partial charge in [-0.15, -0.1) is 0 Å². The molecule has 1 aromatic heterocycles. The van der Waals surface area contributed by atoms with E-state index in [0.717, 1.165) is 8.14 Å². The van der Waals surface area contributed by atoms with E-state index in [1.165, 1.54) is 0 Å². The largest absolute Gasteiger partial charge is 0.493 e. The highest BCUT2D eigenvalue weighted by atomic mass is 127. The summed E-state index contributed by atoms with van der Waals surface area (Å²) in [5.41, 5.74) is 0.363. The zero-order valence-corrected chi connectivity index (χ0v) is 11.2. The fourth-order valence-corrected chi connectivity index (χ4v) is 1.96. The van der Waals surface area contributed by atoms with Gasteiger partial charge in [-0.25, -0.2) is 4.79 Å². The molecule has 0 fully saturated rings. The van der Waals surface area contributed by atoms with E-state index in [0.29, 0.717) is 11.3 Å². The number of aromatic amines is 1. The number of halogens is 1. The molecular formula is C11H11IN2O3. The van der Waals surface area contributed by atoms with Crippen molar-refractivity contribution in [1.29, 1.82) is 0 Å². The maximum atomic E-state index is 11.5. The zero-order chi connectivity index (χ0) is 12.6. The predicted molar refractivity (Wildman–Crippen MR) is 71.0 cm³/mol. The molecule has 0 aliphatic heterocycles. The first-order chi connectivity index (χ1) is 8.00. The maximum absolute atomic E-state index is 11.5. The van der Waals surface area contributed by atoms with Gasteiger partial charge in [0.15, 0.2) is 6.23 Å². The number of rotatable bonds is 2. The molecule has 0 saturated carbocycles. The zero-order valence-electron chi connectivity index (χ0n) is 9.01. The number of aromatic nitrogens is 2. The van der Waals surface area contributed by atoms with Crippen LogP contribution in [0, 0.1) is 10.5 Å². The van der Waals surface area contributed by atoms with E-state index in [4.69, 9.17) is 0 Å². The third kappa shape index (κ3) is 2.22. The van der Waals surface area contributed by atoms with Crippen LogP contribution >= 0.6 is 22.6 Å². The lowest BCUT2D eigenvalue weighted by molar-refractivity contribution is 0.140. The van der Waals surface area contributed by atoms with Crippen LogP contribution < -0.4 is 5.69 Å². The molecule has 2 rings (SSSR count). The van der Waals surface area contributed by atoms with E-state index >= 15 is 0 Å². The molecule has 1 heterocycles. The normalized spacial score (nSPS) is 12.6. The fraction of sp³-hybridized carbons (Fsp3) is 0.182. The Morgan fingerprint density at radius 2 is 1.94 bits per heavy atom. The number of nitrogens with one attached hydrogen (secondary N) is 1. The van der Waals surface area contributed by atoms with Gasteiger partial charge in [-0.05, 0) is 41.6 Å². The van der Waals surface area contributed by atoms with E-state index in [2.05, 4.69) is 27.6 Å². The molecule has 0 saturated heterocycles. The molecule has 0 amide bonds. The molecular weight excluding hydrogens is 335 g/mol. The van der Waals surface area contributed by atoms with Crippen LogP contribution in [0.4, 0.5) is 0 Å². The molecule has 1 unspecified atom stereocenters. The summed E-state index contributed by atoms with van der Waals surface area (Å²) in [5.74, 6) is -0.223. The van der Waals surface area contributed by atoms with Crippen LogP contribution in [0.5, 0.6) is 5.88 Å². The van der Waals surface area contributed by atoms with Crippen LogP contribution in [0.25, 0.3) is 0 Å². The Morgan fingerprint density at radius 3 is 2.41 bits per heavy atom. The van der Waals surface area contributed by atoms with Gasteiger partial charge in [-0.2, -0.15) is 0 Å². The first-order valence-electron chi connectivity index (χ1n) is 4.94. The van der Waals surface area contributed by atoms with Crippen LogP contribution in [0.1, 0.15) is 17.5 Å². The number of aliphatic hydroxyl groups excluding tert-OH is 1. The second kappa shape index (κ2) is 4.53. The Morgan fingerprint density at radius 1 is 1.35 bits per heavy atom. The SMILES string of the molecule is Cc1c(O)[nH]c(=O)n1C(O)c1ccc(I)cc1. The third-order valence-corrected chi connectivity index (χ3v) is 3.28. The summed E-state index contributed by atoms with van der Waals surface area (Å²) in [6, 6.07) is 7.16. The quantitative estimate of drug-likeness (QED) is 0.718. The van der Waals surface area contributed by atoms with Gasteiger partial charge in [0.1, 0.15) is 0 Å². The van der Waals surface area contributed by atoms with Crippen molar-refractivity contribution in [3.63, 3.8) is 0 Å². The van der Waals surface area contributed by atoms with Crippen LogP contribution in [-0.2, 0) is 0 Å². The Labute approximate surface area is 111 Å². The van der Waals surface area contributed by atoms with E-state index in [1.807, 2.05) is 12.1 Å². The summed E-state index contributed by atoms with van der Waals surface area (Å²) < 4.78 is 2.15. The molecule has 5 nitrogen and oxygen atoms in total. The lowest BCUT2D eigenvalue weighted by atomic mass is 10.2. The molecule has 0 spiro atoms. The number of H-pyrrole nitrogens is 1. The fourth-order valence-electron chi connectivity index (χ4n) is 1.60. The summed E-state index contributed by atoms with van der Waals surface area (Å²) in [6.45, 7) is 1.56. The van der Waals surface area contributed by atoms with Crippen molar-refractivity contribution >= 4 is 22.6 Å². The number of benzene rings is 1. The molecule has 0 bridgehead atoms. The van der Waals surface area contributed by atoms with Crippen molar-refractivity contribution in [1.82, 2.24) is 9.55 Å². The first kappa shape index (κ1) is 12.2. The van der Waals surface area contributed by atoms with Crippen LogP contribution in [0.2, 0.25) is 0 Å². The minimum atomic E-state index is -1.10. The lowest BCUT2D eigenvalue weighted by Crippen LogP contribution is -2.24. The smallest absolute Gasteiger partial charge is 0.331 e. The summed E-state index contributed by atoms with van der Waals surface area (Å²) in [5, 5.41) is 19.5. The van der Waals surface area contributed by atoms with Crippen molar-refractivity contribution in [3.05, 3.63) is 49.6 Å². The van der Waals surface area contributed by atoms with Gasteiger partial charge in [0.2, 0.25) is 5.88 Å². The van der Waals surface area contributed by atoms with Gasteiger partial charge < -0.3 is 10.2 Å². The second-order valence-corrected chi connectivity index (χ2v) is 4.91. The van der Waals surface area contributed by atoms with Crippen LogP contribution in [0.15, 0.2) is 29.1 Å². The summed E-state index contributed by atoms with van der Waals surface area (Å²) >= 11 is 2.16. The Balaban J connectivity index is 2.47. The molecule has 17 heavy (non-hydrogen) atoms. The van der Waals surface area contributed by atoms with Gasteiger partial charge in [0.25, 0.3) is 0 Å². The van der Waals surface area contributed by atoms with E-state index in [-0.39, 0.29) is 5.88 Å². The first-order valence-corrected chi connectivity index (χ1v) is 6.02.